The molecule has 0 aromatic heterocycles. The second-order valence-electron chi connectivity index (χ2n) is 5.42. The number of nitrogens with zero attached hydrogens (tertiary/aromatic N) is 1. The fourth-order valence-electron chi connectivity index (χ4n) is 2.64. The van der Waals surface area contributed by atoms with E-state index in [-0.39, 0.29) is 12.0 Å². The van der Waals surface area contributed by atoms with Gasteiger partial charge in [0.15, 0.2) is 0 Å². The van der Waals surface area contributed by atoms with Crippen LogP contribution in [0.4, 0.5) is 0 Å². The number of rotatable bonds is 3. The molecular formula is C12H23NO2. The molecule has 1 unspecified atom stereocenters. The first-order valence-corrected chi connectivity index (χ1v) is 6.15. The highest BCUT2D eigenvalue weighted by atomic mass is 16.5. The lowest BCUT2D eigenvalue weighted by atomic mass is 9.86. The van der Waals surface area contributed by atoms with Crippen LogP contribution in [0.15, 0.2) is 0 Å². The molecule has 2 aliphatic rings. The van der Waals surface area contributed by atoms with Crippen molar-refractivity contribution in [1.29, 1.82) is 0 Å². The Hall–Kier alpha value is -0.120. The van der Waals surface area contributed by atoms with E-state index < -0.39 is 0 Å². The summed E-state index contributed by atoms with van der Waals surface area (Å²) in [6.07, 6.45) is 3.64. The van der Waals surface area contributed by atoms with Gasteiger partial charge in [-0.05, 0) is 38.3 Å². The fourth-order valence-corrected chi connectivity index (χ4v) is 2.64. The van der Waals surface area contributed by atoms with E-state index in [0.29, 0.717) is 0 Å². The summed E-state index contributed by atoms with van der Waals surface area (Å²) in [5.41, 5.74) is 0.0422. The molecule has 2 rings (SSSR count). The van der Waals surface area contributed by atoms with E-state index in [2.05, 4.69) is 11.8 Å². The van der Waals surface area contributed by atoms with Gasteiger partial charge in [0, 0.05) is 18.6 Å². The maximum atomic E-state index is 9.49. The molecule has 0 bridgehead atoms. The second-order valence-corrected chi connectivity index (χ2v) is 5.42. The van der Waals surface area contributed by atoms with Crippen molar-refractivity contribution in [3.05, 3.63) is 0 Å². The monoisotopic (exact) mass is 213 g/mol. The van der Waals surface area contributed by atoms with Gasteiger partial charge in [0.05, 0.1) is 13.2 Å². The molecule has 0 aromatic rings. The van der Waals surface area contributed by atoms with Crippen LogP contribution in [0.3, 0.4) is 0 Å². The van der Waals surface area contributed by atoms with E-state index in [4.69, 9.17) is 4.74 Å². The molecule has 3 heteroatoms. The molecule has 0 amide bonds. The summed E-state index contributed by atoms with van der Waals surface area (Å²) in [5, 5.41) is 9.49. The highest BCUT2D eigenvalue weighted by Gasteiger charge is 2.36. The maximum Gasteiger partial charge on any atom is 0.0557 e. The van der Waals surface area contributed by atoms with Crippen LogP contribution in [-0.4, -0.2) is 49.5 Å². The van der Waals surface area contributed by atoms with Gasteiger partial charge in [0.1, 0.15) is 0 Å². The molecule has 0 aliphatic carbocycles. The molecule has 1 N–H and O–H groups in total. The van der Waals surface area contributed by atoms with E-state index in [1.807, 2.05) is 0 Å². The molecule has 2 aliphatic heterocycles. The first-order valence-electron chi connectivity index (χ1n) is 6.15. The molecule has 2 heterocycles. The number of piperidine rings is 1. The van der Waals surface area contributed by atoms with E-state index in [1.165, 1.54) is 25.9 Å². The Morgan fingerprint density at radius 1 is 1.40 bits per heavy atom. The maximum absolute atomic E-state index is 9.49. The normalized spacial score (nSPS) is 34.8. The number of aliphatic hydroxyl groups is 1. The van der Waals surface area contributed by atoms with Crippen LogP contribution in [0.25, 0.3) is 0 Å². The summed E-state index contributed by atoms with van der Waals surface area (Å²) >= 11 is 0. The van der Waals surface area contributed by atoms with Crippen molar-refractivity contribution < 1.29 is 9.84 Å². The zero-order valence-corrected chi connectivity index (χ0v) is 9.74. The van der Waals surface area contributed by atoms with Gasteiger partial charge in [-0.1, -0.05) is 6.92 Å². The summed E-state index contributed by atoms with van der Waals surface area (Å²) in [7, 11) is 0. The third kappa shape index (κ3) is 2.71. The van der Waals surface area contributed by atoms with Gasteiger partial charge < -0.3 is 14.7 Å². The summed E-state index contributed by atoms with van der Waals surface area (Å²) in [5.74, 6) is 0.881. The summed E-state index contributed by atoms with van der Waals surface area (Å²) < 4.78 is 5.43. The van der Waals surface area contributed by atoms with E-state index >= 15 is 0 Å². The Labute approximate surface area is 92.4 Å². The Kier molecular flexibility index (Phi) is 3.65. The zero-order chi connectivity index (χ0) is 10.7. The van der Waals surface area contributed by atoms with Crippen LogP contribution in [0.5, 0.6) is 0 Å². The van der Waals surface area contributed by atoms with Gasteiger partial charge in [0.25, 0.3) is 0 Å². The minimum absolute atomic E-state index is 0.0422. The molecule has 2 fully saturated rings. The lowest BCUT2D eigenvalue weighted by Gasteiger charge is -2.36. The Morgan fingerprint density at radius 2 is 2.13 bits per heavy atom. The minimum Gasteiger partial charge on any atom is -0.396 e. The Morgan fingerprint density at radius 3 is 2.67 bits per heavy atom. The van der Waals surface area contributed by atoms with Gasteiger partial charge in [-0.3, -0.25) is 0 Å². The van der Waals surface area contributed by atoms with Gasteiger partial charge in [-0.2, -0.15) is 0 Å². The fraction of sp³-hybridized carbons (Fsp3) is 1.00. The highest BCUT2D eigenvalue weighted by Crippen LogP contribution is 2.30. The third-order valence-corrected chi connectivity index (χ3v) is 3.96. The smallest absolute Gasteiger partial charge is 0.0557 e. The molecule has 1 atom stereocenters. The highest BCUT2D eigenvalue weighted by molar-refractivity contribution is 4.87. The Bertz CT molecular complexity index is 194. The van der Waals surface area contributed by atoms with E-state index in [0.717, 1.165) is 32.1 Å². The van der Waals surface area contributed by atoms with E-state index in [9.17, 15) is 5.11 Å². The molecule has 88 valence electrons. The van der Waals surface area contributed by atoms with Gasteiger partial charge in [0.2, 0.25) is 0 Å². The molecule has 0 saturated carbocycles. The number of ether oxygens (including phenoxy) is 1. The SMILES string of the molecule is CC1CCN(CC2(CO)CCOC2)CC1. The Balaban J connectivity index is 1.84. The van der Waals surface area contributed by atoms with Crippen molar-refractivity contribution in [1.82, 2.24) is 4.90 Å². The van der Waals surface area contributed by atoms with Crippen LogP contribution >= 0.6 is 0 Å². The average molecular weight is 213 g/mol. The molecule has 0 aromatic carbocycles. The van der Waals surface area contributed by atoms with Crippen molar-refractivity contribution in [3.63, 3.8) is 0 Å². The topological polar surface area (TPSA) is 32.7 Å². The molecule has 15 heavy (non-hydrogen) atoms. The van der Waals surface area contributed by atoms with E-state index in [1.54, 1.807) is 0 Å². The number of aliphatic hydroxyl groups excluding tert-OH is 1. The van der Waals surface area contributed by atoms with Gasteiger partial charge in [-0.15, -0.1) is 0 Å². The zero-order valence-electron chi connectivity index (χ0n) is 9.74. The predicted molar refractivity (Wildman–Crippen MR) is 59.8 cm³/mol. The predicted octanol–water partition coefficient (Wildman–Crippen LogP) is 1.12. The lowest BCUT2D eigenvalue weighted by molar-refractivity contribution is 0.0455. The molecule has 3 nitrogen and oxygen atoms in total. The molecular weight excluding hydrogens is 190 g/mol. The van der Waals surface area contributed by atoms with Gasteiger partial charge in [-0.25, -0.2) is 0 Å². The van der Waals surface area contributed by atoms with Crippen molar-refractivity contribution in [2.45, 2.75) is 26.2 Å². The summed E-state index contributed by atoms with van der Waals surface area (Å²) in [6.45, 7) is 7.60. The third-order valence-electron chi connectivity index (χ3n) is 3.96. The van der Waals surface area contributed by atoms with Crippen LogP contribution in [0.2, 0.25) is 0 Å². The van der Waals surface area contributed by atoms with Crippen molar-refractivity contribution in [2.24, 2.45) is 11.3 Å². The summed E-state index contributed by atoms with van der Waals surface area (Å²) in [6, 6.07) is 0. The standard InChI is InChI=1S/C12H23NO2/c1-11-2-5-13(6-3-11)8-12(9-14)4-7-15-10-12/h11,14H,2-10H2,1H3. The minimum atomic E-state index is 0.0422. The molecule has 2 saturated heterocycles. The van der Waals surface area contributed by atoms with Crippen molar-refractivity contribution in [3.8, 4) is 0 Å². The first kappa shape index (κ1) is 11.4. The first-order chi connectivity index (χ1) is 7.24. The van der Waals surface area contributed by atoms with Crippen LogP contribution in [0.1, 0.15) is 26.2 Å². The second kappa shape index (κ2) is 4.81. The number of hydrogen-bond donors (Lipinski definition) is 1. The average Bonchev–Trinajstić information content (AvgIpc) is 2.71. The lowest BCUT2D eigenvalue weighted by Crippen LogP contribution is -2.44. The van der Waals surface area contributed by atoms with Crippen LogP contribution in [-0.2, 0) is 4.74 Å². The van der Waals surface area contributed by atoms with Crippen LogP contribution in [0, 0.1) is 11.3 Å². The van der Waals surface area contributed by atoms with Crippen LogP contribution < -0.4 is 0 Å². The molecule has 0 radical (unpaired) electrons. The van der Waals surface area contributed by atoms with Crippen molar-refractivity contribution in [2.75, 3.05) is 39.5 Å². The van der Waals surface area contributed by atoms with Crippen molar-refractivity contribution >= 4 is 0 Å². The summed E-state index contributed by atoms with van der Waals surface area (Å²) in [4.78, 5) is 2.50. The largest absolute Gasteiger partial charge is 0.396 e. The number of hydrogen-bond acceptors (Lipinski definition) is 3. The molecule has 0 spiro atoms. The van der Waals surface area contributed by atoms with Gasteiger partial charge >= 0.3 is 0 Å². The quantitative estimate of drug-likeness (QED) is 0.762. The number of likely N-dealkylation sites (tertiary alicyclic amines) is 1.